The Bertz CT molecular complexity index is 586. The molecule has 22 heavy (non-hydrogen) atoms. The summed E-state index contributed by atoms with van der Waals surface area (Å²) in [5.41, 5.74) is 1.94. The number of benzene rings is 2. The van der Waals surface area contributed by atoms with Crippen molar-refractivity contribution in [3.63, 3.8) is 0 Å². The molecule has 0 saturated carbocycles. The van der Waals surface area contributed by atoms with Gasteiger partial charge in [-0.2, -0.15) is 0 Å². The molecule has 2 N–H and O–H groups in total. The summed E-state index contributed by atoms with van der Waals surface area (Å²) >= 11 is 0. The lowest BCUT2D eigenvalue weighted by Crippen LogP contribution is -2.25. The number of nitrogens with one attached hydrogen (secondary N) is 1. The van der Waals surface area contributed by atoms with Crippen LogP contribution in [-0.2, 0) is 0 Å². The molecule has 2 aromatic rings. The summed E-state index contributed by atoms with van der Waals surface area (Å²) in [6.45, 7) is 2.52. The molecule has 2 aromatic carbocycles. The van der Waals surface area contributed by atoms with Crippen molar-refractivity contribution >= 4 is 0 Å². The van der Waals surface area contributed by atoms with E-state index in [4.69, 9.17) is 9.47 Å². The minimum Gasteiger partial charge on any atom is -0.497 e. The van der Waals surface area contributed by atoms with Gasteiger partial charge in [0.15, 0.2) is 0 Å². The summed E-state index contributed by atoms with van der Waals surface area (Å²) in [4.78, 5) is 0. The van der Waals surface area contributed by atoms with Crippen molar-refractivity contribution in [2.45, 2.75) is 19.1 Å². The van der Waals surface area contributed by atoms with E-state index in [1.54, 1.807) is 14.2 Å². The predicted octanol–water partition coefficient (Wildman–Crippen LogP) is 3.09. The summed E-state index contributed by atoms with van der Waals surface area (Å²) in [5, 5.41) is 13.5. The molecule has 4 heteroatoms. The van der Waals surface area contributed by atoms with E-state index in [1.165, 1.54) is 0 Å². The fourth-order valence-corrected chi connectivity index (χ4v) is 2.37. The average Bonchev–Trinajstić information content (AvgIpc) is 2.59. The fourth-order valence-electron chi connectivity index (χ4n) is 2.37. The molecule has 2 rings (SSSR count). The molecular formula is C18H23NO3. The molecule has 0 radical (unpaired) electrons. The average molecular weight is 301 g/mol. The second kappa shape index (κ2) is 7.82. The van der Waals surface area contributed by atoms with Crippen LogP contribution in [0.1, 0.15) is 30.2 Å². The molecule has 0 bridgehead atoms. The maximum absolute atomic E-state index is 10.2. The van der Waals surface area contributed by atoms with E-state index in [9.17, 15) is 5.11 Å². The number of methoxy groups -OCH3 is 2. The monoisotopic (exact) mass is 301 g/mol. The Balaban J connectivity index is 2.01. The Labute approximate surface area is 131 Å². The molecule has 0 aliphatic rings. The molecule has 0 spiro atoms. The first-order valence-electron chi connectivity index (χ1n) is 7.34. The SMILES string of the molecule is COc1ccc(C(C)NCC(O)c2ccccc2)c(OC)c1. The van der Waals surface area contributed by atoms with Gasteiger partial charge >= 0.3 is 0 Å². The predicted molar refractivity (Wildman–Crippen MR) is 87.4 cm³/mol. The smallest absolute Gasteiger partial charge is 0.127 e. The minimum absolute atomic E-state index is 0.0548. The standard InChI is InChI=1S/C18H23NO3/c1-13(16-10-9-15(21-2)11-18(16)22-3)19-12-17(20)14-7-5-4-6-8-14/h4-11,13,17,19-20H,12H2,1-3H3. The van der Waals surface area contributed by atoms with Crippen molar-refractivity contribution in [2.75, 3.05) is 20.8 Å². The van der Waals surface area contributed by atoms with Gasteiger partial charge in [0.25, 0.3) is 0 Å². The van der Waals surface area contributed by atoms with Crippen LogP contribution in [0.4, 0.5) is 0 Å². The summed E-state index contributed by atoms with van der Waals surface area (Å²) in [6.07, 6.45) is -0.534. The summed E-state index contributed by atoms with van der Waals surface area (Å²) in [7, 11) is 3.27. The van der Waals surface area contributed by atoms with Gasteiger partial charge in [0.05, 0.1) is 20.3 Å². The third kappa shape index (κ3) is 4.00. The number of aliphatic hydroxyl groups excluding tert-OH is 1. The van der Waals surface area contributed by atoms with E-state index in [0.717, 1.165) is 22.6 Å². The molecule has 0 heterocycles. The number of aliphatic hydroxyl groups is 1. The normalized spacial score (nSPS) is 13.5. The molecule has 0 aliphatic heterocycles. The maximum atomic E-state index is 10.2. The van der Waals surface area contributed by atoms with Crippen molar-refractivity contribution in [1.29, 1.82) is 0 Å². The van der Waals surface area contributed by atoms with Crippen molar-refractivity contribution in [3.8, 4) is 11.5 Å². The Morgan fingerprint density at radius 2 is 1.77 bits per heavy atom. The summed E-state index contributed by atoms with van der Waals surface area (Å²) in [6, 6.07) is 15.4. The third-order valence-electron chi connectivity index (χ3n) is 3.71. The molecule has 0 aromatic heterocycles. The number of rotatable bonds is 7. The van der Waals surface area contributed by atoms with E-state index in [0.29, 0.717) is 6.54 Å². The molecule has 0 saturated heterocycles. The second-order valence-electron chi connectivity index (χ2n) is 5.16. The van der Waals surface area contributed by atoms with Crippen LogP contribution in [-0.4, -0.2) is 25.9 Å². The van der Waals surface area contributed by atoms with Crippen molar-refractivity contribution in [2.24, 2.45) is 0 Å². The van der Waals surface area contributed by atoms with E-state index >= 15 is 0 Å². The van der Waals surface area contributed by atoms with Crippen molar-refractivity contribution < 1.29 is 14.6 Å². The topological polar surface area (TPSA) is 50.7 Å². The van der Waals surface area contributed by atoms with Gasteiger partial charge in [-0.1, -0.05) is 36.4 Å². The van der Waals surface area contributed by atoms with Gasteiger partial charge in [-0.3, -0.25) is 0 Å². The lowest BCUT2D eigenvalue weighted by Gasteiger charge is -2.20. The molecule has 2 unspecified atom stereocenters. The summed E-state index contributed by atoms with van der Waals surface area (Å²) < 4.78 is 10.6. The Hall–Kier alpha value is -2.04. The van der Waals surface area contributed by atoms with Gasteiger partial charge < -0.3 is 19.9 Å². The van der Waals surface area contributed by atoms with Crippen LogP contribution in [0.5, 0.6) is 11.5 Å². The maximum Gasteiger partial charge on any atom is 0.127 e. The first-order chi connectivity index (χ1) is 10.7. The zero-order chi connectivity index (χ0) is 15.9. The first kappa shape index (κ1) is 16.3. The largest absolute Gasteiger partial charge is 0.497 e. The van der Waals surface area contributed by atoms with Gasteiger partial charge in [-0.25, -0.2) is 0 Å². The van der Waals surface area contributed by atoms with Crippen LogP contribution >= 0.6 is 0 Å². The van der Waals surface area contributed by atoms with Crippen molar-refractivity contribution in [3.05, 3.63) is 59.7 Å². The first-order valence-corrected chi connectivity index (χ1v) is 7.34. The van der Waals surface area contributed by atoms with Crippen molar-refractivity contribution in [1.82, 2.24) is 5.32 Å². The summed E-state index contributed by atoms with van der Waals surface area (Å²) in [5.74, 6) is 1.53. The lowest BCUT2D eigenvalue weighted by molar-refractivity contribution is 0.170. The van der Waals surface area contributed by atoms with Crippen LogP contribution in [0, 0.1) is 0 Å². The Morgan fingerprint density at radius 1 is 1.05 bits per heavy atom. The molecule has 2 atom stereocenters. The molecule has 118 valence electrons. The zero-order valence-electron chi connectivity index (χ0n) is 13.2. The van der Waals surface area contributed by atoms with Gasteiger partial charge in [0.1, 0.15) is 11.5 Å². The number of hydrogen-bond donors (Lipinski definition) is 2. The molecule has 0 aliphatic carbocycles. The Kier molecular flexibility index (Phi) is 5.81. The van der Waals surface area contributed by atoms with E-state index in [1.807, 2.05) is 55.5 Å². The van der Waals surface area contributed by atoms with Gasteiger partial charge in [0, 0.05) is 24.2 Å². The van der Waals surface area contributed by atoms with Crippen LogP contribution in [0.2, 0.25) is 0 Å². The van der Waals surface area contributed by atoms with E-state index < -0.39 is 6.10 Å². The molecule has 4 nitrogen and oxygen atoms in total. The Morgan fingerprint density at radius 3 is 2.41 bits per heavy atom. The van der Waals surface area contributed by atoms with Gasteiger partial charge in [0.2, 0.25) is 0 Å². The van der Waals surface area contributed by atoms with Crippen LogP contribution in [0.3, 0.4) is 0 Å². The third-order valence-corrected chi connectivity index (χ3v) is 3.71. The van der Waals surface area contributed by atoms with Gasteiger partial charge in [-0.15, -0.1) is 0 Å². The quantitative estimate of drug-likeness (QED) is 0.825. The second-order valence-corrected chi connectivity index (χ2v) is 5.16. The number of hydrogen-bond acceptors (Lipinski definition) is 4. The molecule has 0 fully saturated rings. The highest BCUT2D eigenvalue weighted by atomic mass is 16.5. The van der Waals surface area contributed by atoms with E-state index in [2.05, 4.69) is 5.32 Å². The van der Waals surface area contributed by atoms with E-state index in [-0.39, 0.29) is 6.04 Å². The van der Waals surface area contributed by atoms with Crippen LogP contribution < -0.4 is 14.8 Å². The van der Waals surface area contributed by atoms with Crippen LogP contribution in [0.15, 0.2) is 48.5 Å². The lowest BCUT2D eigenvalue weighted by atomic mass is 10.1. The highest BCUT2D eigenvalue weighted by Gasteiger charge is 2.14. The highest BCUT2D eigenvalue weighted by molar-refractivity contribution is 5.42. The zero-order valence-corrected chi connectivity index (χ0v) is 13.2. The van der Waals surface area contributed by atoms with Gasteiger partial charge in [-0.05, 0) is 18.6 Å². The fraction of sp³-hybridized carbons (Fsp3) is 0.333. The van der Waals surface area contributed by atoms with Crippen LogP contribution in [0.25, 0.3) is 0 Å². The molecule has 0 amide bonds. The highest BCUT2D eigenvalue weighted by Crippen LogP contribution is 2.29. The number of ether oxygens (including phenoxy) is 2. The minimum atomic E-state index is -0.534. The molecular weight excluding hydrogens is 278 g/mol.